The number of rotatable bonds is 5. The Balaban J connectivity index is 2.22. The normalized spacial score (nSPS) is 21.6. The Morgan fingerprint density at radius 2 is 1.86 bits per heavy atom. The molecule has 9 heteroatoms. The van der Waals surface area contributed by atoms with E-state index >= 15 is 0 Å². The molecule has 0 aromatic heterocycles. The van der Waals surface area contributed by atoms with Crippen LogP contribution in [0.15, 0.2) is 23.1 Å². The number of aryl methyl sites for hydroxylation is 2. The average molecular weight is 427 g/mol. The molecule has 1 heterocycles. The van der Waals surface area contributed by atoms with Crippen LogP contribution in [-0.2, 0) is 24.3 Å². The quantitative estimate of drug-likeness (QED) is 0.686. The summed E-state index contributed by atoms with van der Waals surface area (Å²) in [5.74, 6) is -1.33. The van der Waals surface area contributed by atoms with Crippen molar-refractivity contribution in [3.05, 3.63) is 29.3 Å². The van der Waals surface area contributed by atoms with Crippen LogP contribution >= 0.6 is 0 Å². The predicted octanol–water partition coefficient (Wildman–Crippen LogP) is 1.27. The molecule has 1 fully saturated rings. The van der Waals surface area contributed by atoms with Crippen LogP contribution in [-0.4, -0.2) is 60.0 Å². The minimum atomic E-state index is -4.02. The summed E-state index contributed by atoms with van der Waals surface area (Å²) in [6, 6.07) is 3.52. The van der Waals surface area contributed by atoms with E-state index in [1.165, 1.54) is 19.1 Å². The monoisotopic (exact) mass is 426 g/mol. The molecule has 0 aliphatic carbocycles. The lowest BCUT2D eigenvalue weighted by Crippen LogP contribution is -2.48. The van der Waals surface area contributed by atoms with E-state index in [1.807, 2.05) is 6.92 Å². The summed E-state index contributed by atoms with van der Waals surface area (Å²) >= 11 is 0. The van der Waals surface area contributed by atoms with Gasteiger partial charge in [-0.2, -0.15) is 4.31 Å². The van der Waals surface area contributed by atoms with E-state index in [-0.39, 0.29) is 17.9 Å². The highest BCUT2D eigenvalue weighted by Gasteiger charge is 2.45. The highest BCUT2D eigenvalue weighted by Crippen LogP contribution is 2.28. The lowest BCUT2D eigenvalue weighted by atomic mass is 10.1. The Kier molecular flexibility index (Phi) is 6.76. The summed E-state index contributed by atoms with van der Waals surface area (Å²) in [6.07, 6.45) is -2.17. The number of β-amino-alcohol motifs (C(OH)–C–C–N with tert-alkyl or cyclic N) is 1. The largest absolute Gasteiger partial charge is 0.451 e. The van der Waals surface area contributed by atoms with Gasteiger partial charge in [0.25, 0.3) is 5.91 Å². The Labute approximate surface area is 172 Å². The van der Waals surface area contributed by atoms with Crippen LogP contribution in [0.5, 0.6) is 0 Å². The maximum atomic E-state index is 13.1. The zero-order chi connectivity index (χ0) is 22.1. The number of carbonyl (C=O) groups excluding carboxylic acids is 2. The van der Waals surface area contributed by atoms with E-state index < -0.39 is 45.7 Å². The van der Waals surface area contributed by atoms with Crippen molar-refractivity contribution in [2.24, 2.45) is 0 Å². The Morgan fingerprint density at radius 3 is 2.41 bits per heavy atom. The molecule has 0 unspecified atom stereocenters. The predicted molar refractivity (Wildman–Crippen MR) is 108 cm³/mol. The zero-order valence-corrected chi connectivity index (χ0v) is 18.5. The number of aliphatic hydroxyl groups is 1. The Morgan fingerprint density at radius 1 is 1.24 bits per heavy atom. The summed E-state index contributed by atoms with van der Waals surface area (Å²) < 4.78 is 32.4. The number of aliphatic hydroxyl groups excluding tert-OH is 1. The fourth-order valence-corrected chi connectivity index (χ4v) is 4.76. The molecule has 29 heavy (non-hydrogen) atoms. The van der Waals surface area contributed by atoms with Crippen molar-refractivity contribution in [1.29, 1.82) is 0 Å². The lowest BCUT2D eigenvalue weighted by Gasteiger charge is -2.26. The first-order valence-corrected chi connectivity index (χ1v) is 11.0. The van der Waals surface area contributed by atoms with Gasteiger partial charge in [0.05, 0.1) is 11.0 Å². The molecule has 1 aliphatic heterocycles. The van der Waals surface area contributed by atoms with Crippen molar-refractivity contribution in [2.75, 3.05) is 6.54 Å². The van der Waals surface area contributed by atoms with Crippen molar-refractivity contribution in [1.82, 2.24) is 9.62 Å². The minimum absolute atomic E-state index is 0.0472. The van der Waals surface area contributed by atoms with Crippen LogP contribution in [0.4, 0.5) is 0 Å². The van der Waals surface area contributed by atoms with Crippen molar-refractivity contribution < 1.29 is 27.9 Å². The van der Waals surface area contributed by atoms with Crippen LogP contribution in [0.1, 0.15) is 45.2 Å². The third kappa shape index (κ3) is 5.55. The first-order chi connectivity index (χ1) is 13.2. The number of hydrogen-bond acceptors (Lipinski definition) is 6. The molecule has 2 rings (SSSR count). The van der Waals surface area contributed by atoms with Crippen molar-refractivity contribution in [3.63, 3.8) is 0 Å². The maximum absolute atomic E-state index is 13.1. The number of amides is 1. The van der Waals surface area contributed by atoms with E-state index in [9.17, 15) is 23.1 Å². The molecular weight excluding hydrogens is 396 g/mol. The highest BCUT2D eigenvalue weighted by atomic mass is 32.2. The fourth-order valence-electron chi connectivity index (χ4n) is 3.05. The van der Waals surface area contributed by atoms with Gasteiger partial charge in [0.15, 0.2) is 6.10 Å². The number of esters is 1. The van der Waals surface area contributed by atoms with Gasteiger partial charge >= 0.3 is 5.97 Å². The second-order valence-corrected chi connectivity index (χ2v) is 10.4. The third-order valence-electron chi connectivity index (χ3n) is 4.75. The number of nitrogens with one attached hydrogen (secondary N) is 1. The van der Waals surface area contributed by atoms with E-state index in [4.69, 9.17) is 4.74 Å². The number of benzene rings is 1. The molecule has 1 aromatic carbocycles. The second kappa shape index (κ2) is 8.41. The summed E-state index contributed by atoms with van der Waals surface area (Å²) in [5, 5.41) is 12.7. The summed E-state index contributed by atoms with van der Waals surface area (Å²) in [4.78, 5) is 24.9. The van der Waals surface area contributed by atoms with Crippen LogP contribution in [0.25, 0.3) is 0 Å². The van der Waals surface area contributed by atoms with Gasteiger partial charge in [-0.25, -0.2) is 8.42 Å². The van der Waals surface area contributed by atoms with Gasteiger partial charge in [0, 0.05) is 18.5 Å². The first kappa shape index (κ1) is 23.3. The summed E-state index contributed by atoms with van der Waals surface area (Å²) in [6.45, 7) is 10.3. The number of carbonyl (C=O) groups is 2. The SMILES string of the molecule is Cc1ccc(S(=O)(=O)N2C[C@@H](O)C[C@H]2C(=O)O[C@@H](C)C(=O)NC(C)(C)C)cc1C. The van der Waals surface area contributed by atoms with Gasteiger partial charge < -0.3 is 15.2 Å². The highest BCUT2D eigenvalue weighted by molar-refractivity contribution is 7.89. The molecule has 0 bridgehead atoms. The lowest BCUT2D eigenvalue weighted by molar-refractivity contribution is -0.158. The van der Waals surface area contributed by atoms with Gasteiger partial charge in [0.1, 0.15) is 6.04 Å². The second-order valence-electron chi connectivity index (χ2n) is 8.54. The standard InChI is InChI=1S/C20H30N2O6S/c1-12-7-8-16(9-13(12)2)29(26,27)22-11-15(23)10-17(22)19(25)28-14(3)18(24)21-20(4,5)6/h7-9,14-15,17,23H,10-11H2,1-6H3,(H,21,24)/t14-,15-,17-/m0/s1. The Bertz CT molecular complexity index is 891. The van der Waals surface area contributed by atoms with Gasteiger partial charge in [0.2, 0.25) is 10.0 Å². The topological polar surface area (TPSA) is 113 Å². The van der Waals surface area contributed by atoms with Crippen LogP contribution in [0.3, 0.4) is 0 Å². The van der Waals surface area contributed by atoms with Gasteiger partial charge in [-0.1, -0.05) is 6.07 Å². The third-order valence-corrected chi connectivity index (χ3v) is 6.62. The van der Waals surface area contributed by atoms with Gasteiger partial charge in [-0.3, -0.25) is 9.59 Å². The molecular formula is C20H30N2O6S. The summed E-state index contributed by atoms with van der Waals surface area (Å²) in [7, 11) is -4.02. The molecule has 1 amide bonds. The van der Waals surface area contributed by atoms with Crippen molar-refractivity contribution in [2.45, 2.75) is 76.6 Å². The molecule has 162 valence electrons. The number of nitrogens with zero attached hydrogens (tertiary/aromatic N) is 1. The summed E-state index contributed by atoms with van der Waals surface area (Å²) in [5.41, 5.74) is 1.25. The Hall–Kier alpha value is -1.97. The number of ether oxygens (including phenoxy) is 1. The van der Waals surface area contributed by atoms with Gasteiger partial charge in [-0.05, 0) is 64.8 Å². The molecule has 3 atom stereocenters. The molecule has 1 aliphatic rings. The molecule has 0 saturated carbocycles. The van der Waals surface area contributed by atoms with Crippen LogP contribution in [0, 0.1) is 13.8 Å². The first-order valence-electron chi connectivity index (χ1n) is 9.52. The smallest absolute Gasteiger partial charge is 0.325 e. The van der Waals surface area contributed by atoms with E-state index in [1.54, 1.807) is 33.8 Å². The molecule has 8 nitrogen and oxygen atoms in total. The molecule has 0 radical (unpaired) electrons. The molecule has 0 spiro atoms. The maximum Gasteiger partial charge on any atom is 0.325 e. The number of hydrogen-bond donors (Lipinski definition) is 2. The zero-order valence-electron chi connectivity index (χ0n) is 17.7. The molecule has 1 saturated heterocycles. The van der Waals surface area contributed by atoms with Crippen molar-refractivity contribution in [3.8, 4) is 0 Å². The fraction of sp³-hybridized carbons (Fsp3) is 0.600. The molecule has 2 N–H and O–H groups in total. The average Bonchev–Trinajstić information content (AvgIpc) is 2.98. The van der Waals surface area contributed by atoms with Crippen LogP contribution in [0.2, 0.25) is 0 Å². The van der Waals surface area contributed by atoms with E-state index in [2.05, 4.69) is 5.32 Å². The van der Waals surface area contributed by atoms with E-state index in [0.29, 0.717) is 0 Å². The van der Waals surface area contributed by atoms with E-state index in [0.717, 1.165) is 15.4 Å². The van der Waals surface area contributed by atoms with Crippen LogP contribution < -0.4 is 5.32 Å². The molecule has 1 aromatic rings. The van der Waals surface area contributed by atoms with Crippen molar-refractivity contribution >= 4 is 21.9 Å². The van der Waals surface area contributed by atoms with Gasteiger partial charge in [-0.15, -0.1) is 0 Å². The minimum Gasteiger partial charge on any atom is -0.451 e. The number of sulfonamides is 1.